The lowest BCUT2D eigenvalue weighted by Gasteiger charge is -2.18. The SMILES string of the molecule is c1ccc2c(c1)cc1c2cc2c3cc4ccccc4c3c3c4cc5ccccc5c4cc4c5cc6ccccc6c5c1c2c43. The molecule has 0 unspecified atom stereocenters. The maximum absolute atomic E-state index is 2.52. The molecule has 0 heteroatoms. The third-order valence-corrected chi connectivity index (χ3v) is 10.8. The molecule has 0 amide bonds. The van der Waals surface area contributed by atoms with Gasteiger partial charge in [0.05, 0.1) is 0 Å². The van der Waals surface area contributed by atoms with Crippen LogP contribution >= 0.6 is 0 Å². The van der Waals surface area contributed by atoms with Gasteiger partial charge in [-0.05, 0) is 155 Å². The Bertz CT molecular complexity index is 2980. The van der Waals surface area contributed by atoms with Gasteiger partial charge in [-0.15, -0.1) is 0 Å². The zero-order valence-corrected chi connectivity index (χ0v) is 23.7. The molecule has 12 aromatic carbocycles. The molecule has 0 saturated heterocycles. The first-order valence-corrected chi connectivity index (χ1v) is 15.5. The van der Waals surface area contributed by atoms with Crippen molar-refractivity contribution < 1.29 is 0 Å². The smallest absolute Gasteiger partial charge is 0.000695 e. The van der Waals surface area contributed by atoms with Gasteiger partial charge in [0.25, 0.3) is 0 Å². The molecule has 0 aromatic heterocycles. The van der Waals surface area contributed by atoms with E-state index in [4.69, 9.17) is 0 Å². The van der Waals surface area contributed by atoms with Crippen molar-refractivity contribution in [3.63, 3.8) is 0 Å². The zero-order valence-electron chi connectivity index (χ0n) is 23.7. The van der Waals surface area contributed by atoms with Crippen molar-refractivity contribution >= 4 is 118 Å². The molecule has 0 fully saturated rings. The topological polar surface area (TPSA) is 0 Å². The summed E-state index contributed by atoms with van der Waals surface area (Å²) in [7, 11) is 0. The summed E-state index contributed by atoms with van der Waals surface area (Å²) in [6, 6.07) is 50.7. The molecule has 0 heterocycles. The van der Waals surface area contributed by atoms with Gasteiger partial charge in [-0.25, -0.2) is 0 Å². The molecule has 12 rings (SSSR count). The standard InChI is InChI=1S/C44H22/c1-5-13-27-23(9-1)17-33-31(27)21-37-35-19-26-12-4-8-16-30(26)40(35)42-34-18-24-10-2-6-14-28(24)32(34)22-38-36-20-25-11-3-7-15-29(25)39(36)41(33)43(37)44(38)42/h1-22H. The van der Waals surface area contributed by atoms with Gasteiger partial charge < -0.3 is 0 Å². The Labute approximate surface area is 251 Å². The van der Waals surface area contributed by atoms with Crippen molar-refractivity contribution in [3.8, 4) is 0 Å². The van der Waals surface area contributed by atoms with Crippen LogP contribution in [0.3, 0.4) is 0 Å². The Morgan fingerprint density at radius 1 is 0.182 bits per heavy atom. The number of hydrogen-bond donors (Lipinski definition) is 0. The highest BCUT2D eigenvalue weighted by Gasteiger charge is 2.25. The van der Waals surface area contributed by atoms with Crippen molar-refractivity contribution in [1.82, 2.24) is 0 Å². The normalized spacial score (nSPS) is 13.0. The van der Waals surface area contributed by atoms with Crippen LogP contribution in [0, 0.1) is 0 Å². The van der Waals surface area contributed by atoms with E-state index in [0.717, 1.165) is 0 Å². The largest absolute Gasteiger partial charge is 0.0616 e. The molecule has 44 heavy (non-hydrogen) atoms. The summed E-state index contributed by atoms with van der Waals surface area (Å²) < 4.78 is 0. The van der Waals surface area contributed by atoms with E-state index in [1.54, 1.807) is 0 Å². The summed E-state index contributed by atoms with van der Waals surface area (Å²) in [5.41, 5.74) is 0. The summed E-state index contributed by atoms with van der Waals surface area (Å²) in [6.45, 7) is 0. The van der Waals surface area contributed by atoms with Crippen molar-refractivity contribution in [2.75, 3.05) is 0 Å². The molecule has 0 N–H and O–H groups in total. The Hall–Kier alpha value is -5.72. The molecule has 0 aliphatic heterocycles. The summed E-state index contributed by atoms with van der Waals surface area (Å²) in [4.78, 5) is 0. The number of fused-ring (bicyclic) bond motifs is 18. The van der Waals surface area contributed by atoms with Crippen molar-refractivity contribution in [2.24, 2.45) is 0 Å². The van der Waals surface area contributed by atoms with Gasteiger partial charge in [-0.3, -0.25) is 0 Å². The lowest BCUT2D eigenvalue weighted by molar-refractivity contribution is 1.85. The molecule has 0 radical (unpaired) electrons. The monoisotopic (exact) mass is 550 g/mol. The van der Waals surface area contributed by atoms with Gasteiger partial charge in [-0.2, -0.15) is 0 Å². The minimum Gasteiger partial charge on any atom is -0.0616 e. The maximum Gasteiger partial charge on any atom is -0.000695 e. The molecule has 0 aliphatic carbocycles. The van der Waals surface area contributed by atoms with Crippen LogP contribution in [0.1, 0.15) is 0 Å². The first kappa shape index (κ1) is 21.9. The third kappa shape index (κ3) is 2.36. The fourth-order valence-electron chi connectivity index (χ4n) is 9.06. The second kappa shape index (κ2) is 7.25. The molecule has 0 bridgehead atoms. The van der Waals surface area contributed by atoms with E-state index in [1.807, 2.05) is 0 Å². The van der Waals surface area contributed by atoms with E-state index in [1.165, 1.54) is 118 Å². The predicted molar refractivity (Wildman–Crippen MR) is 193 cm³/mol. The van der Waals surface area contributed by atoms with E-state index >= 15 is 0 Å². The van der Waals surface area contributed by atoms with E-state index < -0.39 is 0 Å². The molecule has 0 spiro atoms. The van der Waals surface area contributed by atoms with Gasteiger partial charge in [0, 0.05) is 0 Å². The quantitative estimate of drug-likeness (QED) is 0.165. The van der Waals surface area contributed by atoms with Crippen molar-refractivity contribution in [3.05, 3.63) is 133 Å². The molecule has 0 saturated carbocycles. The minimum atomic E-state index is 1.31. The van der Waals surface area contributed by atoms with Gasteiger partial charge in [0.2, 0.25) is 0 Å². The predicted octanol–water partition coefficient (Wildman–Crippen LogP) is 12.7. The van der Waals surface area contributed by atoms with E-state index in [0.29, 0.717) is 0 Å². The minimum absolute atomic E-state index is 1.31. The third-order valence-electron chi connectivity index (χ3n) is 10.8. The van der Waals surface area contributed by atoms with Crippen LogP contribution in [0.15, 0.2) is 133 Å². The molecule has 0 aliphatic rings. The Morgan fingerprint density at radius 3 is 0.864 bits per heavy atom. The average Bonchev–Trinajstić information content (AvgIpc) is 3.83. The van der Waals surface area contributed by atoms with Crippen LogP contribution in [-0.2, 0) is 0 Å². The maximum atomic E-state index is 2.52. The average molecular weight is 551 g/mol. The molecule has 198 valence electrons. The van der Waals surface area contributed by atoms with Crippen molar-refractivity contribution in [2.45, 2.75) is 0 Å². The first-order chi connectivity index (χ1) is 21.8. The summed E-state index contributed by atoms with van der Waals surface area (Å²) >= 11 is 0. The zero-order chi connectivity index (χ0) is 28.3. The highest BCUT2D eigenvalue weighted by atomic mass is 14.3. The Balaban J connectivity index is 1.55. The Kier molecular flexibility index (Phi) is 3.61. The second-order valence-corrected chi connectivity index (χ2v) is 12.8. The van der Waals surface area contributed by atoms with Crippen LogP contribution in [0.2, 0.25) is 0 Å². The molecule has 0 atom stereocenters. The summed E-state index contributed by atoms with van der Waals surface area (Å²) in [5, 5.41) is 30.0. The summed E-state index contributed by atoms with van der Waals surface area (Å²) in [5.74, 6) is 0. The number of hydrogen-bond acceptors (Lipinski definition) is 0. The van der Waals surface area contributed by atoms with E-state index in [2.05, 4.69) is 133 Å². The van der Waals surface area contributed by atoms with Gasteiger partial charge in [0.15, 0.2) is 0 Å². The van der Waals surface area contributed by atoms with Crippen LogP contribution in [0.5, 0.6) is 0 Å². The highest BCUT2D eigenvalue weighted by molar-refractivity contribution is 6.52. The molecule has 12 aromatic rings. The first-order valence-electron chi connectivity index (χ1n) is 15.5. The molecule has 0 nitrogen and oxygen atoms in total. The fraction of sp³-hybridized carbons (Fsp3) is 0. The van der Waals surface area contributed by atoms with Gasteiger partial charge in [-0.1, -0.05) is 97.1 Å². The van der Waals surface area contributed by atoms with Crippen LogP contribution < -0.4 is 0 Å². The lowest BCUT2D eigenvalue weighted by atomic mass is 9.84. The second-order valence-electron chi connectivity index (χ2n) is 12.8. The van der Waals surface area contributed by atoms with Crippen LogP contribution in [-0.4, -0.2) is 0 Å². The van der Waals surface area contributed by atoms with E-state index in [9.17, 15) is 0 Å². The lowest BCUT2D eigenvalue weighted by Crippen LogP contribution is -1.89. The molecular weight excluding hydrogens is 528 g/mol. The van der Waals surface area contributed by atoms with Crippen molar-refractivity contribution in [1.29, 1.82) is 0 Å². The van der Waals surface area contributed by atoms with Crippen LogP contribution in [0.4, 0.5) is 0 Å². The van der Waals surface area contributed by atoms with E-state index in [-0.39, 0.29) is 0 Å². The van der Waals surface area contributed by atoms with Gasteiger partial charge >= 0.3 is 0 Å². The fourth-order valence-corrected chi connectivity index (χ4v) is 9.06. The number of benzene rings is 8. The highest BCUT2D eigenvalue weighted by Crippen LogP contribution is 2.54. The van der Waals surface area contributed by atoms with Gasteiger partial charge in [0.1, 0.15) is 0 Å². The Morgan fingerprint density at radius 2 is 0.455 bits per heavy atom. The number of rotatable bonds is 0. The summed E-state index contributed by atoms with van der Waals surface area (Å²) in [6.07, 6.45) is 0. The van der Waals surface area contributed by atoms with Crippen LogP contribution in [0.25, 0.3) is 118 Å². The molecular formula is C44H22.